The van der Waals surface area contributed by atoms with Gasteiger partial charge in [0.15, 0.2) is 4.34 Å². The number of thioether (sulfide) groups is 1. The summed E-state index contributed by atoms with van der Waals surface area (Å²) in [6.45, 7) is 1.83. The highest BCUT2D eigenvalue weighted by Gasteiger charge is 2.35. The maximum Gasteiger partial charge on any atom is 0.234 e. The van der Waals surface area contributed by atoms with Crippen LogP contribution in [0.4, 0.5) is 5.13 Å². The standard InChI is InChI=1S/C13H19N5OS2/c1-9(20-12-18-17-11(15-2)21-12)10(19)16-13(8-14)6-4-3-5-7-13/h9H,3-7H2,1-2H3,(H,15,17)(H,16,19)/t9-/m1/s1. The van der Waals surface area contributed by atoms with E-state index in [2.05, 4.69) is 26.9 Å². The van der Waals surface area contributed by atoms with Gasteiger partial charge in [-0.1, -0.05) is 42.4 Å². The zero-order chi connectivity index (χ0) is 15.3. The summed E-state index contributed by atoms with van der Waals surface area (Å²) < 4.78 is 0.747. The van der Waals surface area contributed by atoms with E-state index in [9.17, 15) is 10.1 Å². The van der Waals surface area contributed by atoms with Crippen molar-refractivity contribution in [1.29, 1.82) is 5.26 Å². The van der Waals surface area contributed by atoms with Crippen LogP contribution in [0.2, 0.25) is 0 Å². The zero-order valence-electron chi connectivity index (χ0n) is 12.2. The van der Waals surface area contributed by atoms with Crippen LogP contribution in [0, 0.1) is 11.3 Å². The molecule has 0 radical (unpaired) electrons. The predicted molar refractivity (Wildman–Crippen MR) is 84.3 cm³/mol. The van der Waals surface area contributed by atoms with Gasteiger partial charge in [-0.05, 0) is 19.8 Å². The fourth-order valence-electron chi connectivity index (χ4n) is 2.32. The summed E-state index contributed by atoms with van der Waals surface area (Å²) >= 11 is 2.78. The largest absolute Gasteiger partial charge is 0.363 e. The summed E-state index contributed by atoms with van der Waals surface area (Å²) in [7, 11) is 1.78. The molecule has 0 unspecified atom stereocenters. The Kier molecular flexibility index (Phi) is 5.42. The van der Waals surface area contributed by atoms with Gasteiger partial charge in [0.05, 0.1) is 11.3 Å². The minimum Gasteiger partial charge on any atom is -0.363 e. The molecule has 1 amide bonds. The molecular formula is C13H19N5OS2. The van der Waals surface area contributed by atoms with Crippen LogP contribution in [0.1, 0.15) is 39.0 Å². The Morgan fingerprint density at radius 2 is 2.14 bits per heavy atom. The number of carbonyl (C=O) groups is 1. The van der Waals surface area contributed by atoms with Crippen LogP contribution in [0.25, 0.3) is 0 Å². The molecule has 1 aliphatic rings. The van der Waals surface area contributed by atoms with E-state index in [1.165, 1.54) is 23.1 Å². The maximum absolute atomic E-state index is 12.3. The van der Waals surface area contributed by atoms with Crippen molar-refractivity contribution >= 4 is 34.1 Å². The number of rotatable bonds is 5. The molecule has 1 aromatic heterocycles. The topological polar surface area (TPSA) is 90.7 Å². The summed E-state index contributed by atoms with van der Waals surface area (Å²) in [6, 6.07) is 2.30. The number of nitrogens with zero attached hydrogens (tertiary/aromatic N) is 3. The Morgan fingerprint density at radius 1 is 1.43 bits per heavy atom. The zero-order valence-corrected chi connectivity index (χ0v) is 13.8. The summed E-state index contributed by atoms with van der Waals surface area (Å²) in [4.78, 5) is 12.3. The van der Waals surface area contributed by atoms with Gasteiger partial charge in [-0.15, -0.1) is 10.2 Å². The molecule has 1 fully saturated rings. The Balaban J connectivity index is 1.94. The van der Waals surface area contributed by atoms with Crippen molar-refractivity contribution in [3.8, 4) is 6.07 Å². The number of nitriles is 1. The molecule has 1 aliphatic carbocycles. The minimum atomic E-state index is -0.679. The van der Waals surface area contributed by atoms with Crippen LogP contribution in [0.5, 0.6) is 0 Å². The summed E-state index contributed by atoms with van der Waals surface area (Å²) in [5.74, 6) is -0.107. The molecule has 0 spiro atoms. The molecule has 6 nitrogen and oxygen atoms in total. The number of hydrogen-bond acceptors (Lipinski definition) is 7. The first-order valence-electron chi connectivity index (χ1n) is 7.00. The van der Waals surface area contributed by atoms with E-state index in [4.69, 9.17) is 0 Å². The van der Waals surface area contributed by atoms with Crippen molar-refractivity contribution < 1.29 is 4.79 Å². The Morgan fingerprint density at radius 3 is 2.71 bits per heavy atom. The van der Waals surface area contributed by atoms with Crippen LogP contribution in [0.15, 0.2) is 4.34 Å². The highest BCUT2D eigenvalue weighted by Crippen LogP contribution is 2.31. The van der Waals surface area contributed by atoms with Gasteiger partial charge in [-0.25, -0.2) is 0 Å². The first-order chi connectivity index (χ1) is 10.1. The maximum atomic E-state index is 12.3. The lowest BCUT2D eigenvalue weighted by molar-refractivity contribution is -0.121. The van der Waals surface area contributed by atoms with Gasteiger partial charge in [0.2, 0.25) is 11.0 Å². The molecule has 1 atom stereocenters. The molecule has 0 saturated heterocycles. The van der Waals surface area contributed by atoms with Gasteiger partial charge in [0.25, 0.3) is 0 Å². The first kappa shape index (κ1) is 16.0. The van der Waals surface area contributed by atoms with E-state index < -0.39 is 5.54 Å². The SMILES string of the molecule is CNc1nnc(S[C@H](C)C(=O)NC2(C#N)CCCCC2)s1. The van der Waals surface area contributed by atoms with Gasteiger partial charge in [-0.3, -0.25) is 4.79 Å². The van der Waals surface area contributed by atoms with Gasteiger partial charge >= 0.3 is 0 Å². The van der Waals surface area contributed by atoms with E-state index in [-0.39, 0.29) is 11.2 Å². The lowest BCUT2D eigenvalue weighted by atomic mass is 9.83. The Labute approximate surface area is 132 Å². The second-order valence-corrected chi connectivity index (χ2v) is 7.69. The van der Waals surface area contributed by atoms with Crippen LogP contribution in [-0.4, -0.2) is 33.9 Å². The second kappa shape index (κ2) is 7.09. The van der Waals surface area contributed by atoms with Gasteiger partial charge in [0.1, 0.15) is 5.54 Å². The van der Waals surface area contributed by atoms with Crippen LogP contribution < -0.4 is 10.6 Å². The van der Waals surface area contributed by atoms with Crippen molar-refractivity contribution in [2.45, 2.75) is 54.2 Å². The fourth-order valence-corrected chi connectivity index (χ4v) is 4.17. The molecule has 1 heterocycles. The van der Waals surface area contributed by atoms with E-state index in [1.54, 1.807) is 7.05 Å². The average Bonchev–Trinajstić information content (AvgIpc) is 2.95. The molecule has 0 bridgehead atoms. The minimum absolute atomic E-state index is 0.107. The molecule has 21 heavy (non-hydrogen) atoms. The third-order valence-electron chi connectivity index (χ3n) is 3.55. The van der Waals surface area contributed by atoms with E-state index >= 15 is 0 Å². The number of carbonyl (C=O) groups excluding carboxylic acids is 1. The highest BCUT2D eigenvalue weighted by molar-refractivity contribution is 8.02. The first-order valence-corrected chi connectivity index (χ1v) is 8.69. The lowest BCUT2D eigenvalue weighted by Crippen LogP contribution is -2.50. The lowest BCUT2D eigenvalue weighted by Gasteiger charge is -2.32. The number of hydrogen-bond donors (Lipinski definition) is 2. The number of anilines is 1. The van der Waals surface area contributed by atoms with Crippen molar-refractivity contribution in [3.63, 3.8) is 0 Å². The van der Waals surface area contributed by atoms with Gasteiger partial charge in [-0.2, -0.15) is 5.26 Å². The van der Waals surface area contributed by atoms with Crippen molar-refractivity contribution in [3.05, 3.63) is 0 Å². The second-order valence-electron chi connectivity index (χ2n) is 5.13. The van der Waals surface area contributed by atoms with Crippen molar-refractivity contribution in [2.24, 2.45) is 0 Å². The summed E-state index contributed by atoms with van der Waals surface area (Å²) in [5.41, 5.74) is -0.679. The summed E-state index contributed by atoms with van der Waals surface area (Å²) in [6.07, 6.45) is 4.63. The molecule has 1 saturated carbocycles. The Hall–Kier alpha value is -1.33. The normalized spacial score (nSPS) is 18.5. The molecule has 8 heteroatoms. The number of nitrogens with one attached hydrogen (secondary N) is 2. The fraction of sp³-hybridized carbons (Fsp3) is 0.692. The van der Waals surface area contributed by atoms with Crippen LogP contribution in [0.3, 0.4) is 0 Å². The number of amides is 1. The third kappa shape index (κ3) is 4.08. The van der Waals surface area contributed by atoms with E-state index in [1.807, 2.05) is 6.92 Å². The van der Waals surface area contributed by atoms with Crippen LogP contribution >= 0.6 is 23.1 Å². The molecule has 2 N–H and O–H groups in total. The van der Waals surface area contributed by atoms with Crippen molar-refractivity contribution in [2.75, 3.05) is 12.4 Å². The van der Waals surface area contributed by atoms with E-state index in [0.29, 0.717) is 0 Å². The number of aromatic nitrogens is 2. The predicted octanol–water partition coefficient (Wildman–Crippen LogP) is 2.40. The molecule has 0 aliphatic heterocycles. The molecule has 114 valence electrons. The van der Waals surface area contributed by atoms with E-state index in [0.717, 1.165) is 41.6 Å². The summed E-state index contributed by atoms with van der Waals surface area (Å²) in [5, 5.41) is 23.7. The smallest absolute Gasteiger partial charge is 0.234 e. The quantitative estimate of drug-likeness (QED) is 0.808. The Bertz CT molecular complexity index is 533. The van der Waals surface area contributed by atoms with Gasteiger partial charge in [0, 0.05) is 7.05 Å². The van der Waals surface area contributed by atoms with Crippen molar-refractivity contribution in [1.82, 2.24) is 15.5 Å². The molecule has 1 aromatic rings. The highest BCUT2D eigenvalue weighted by atomic mass is 32.2. The monoisotopic (exact) mass is 325 g/mol. The molecule has 2 rings (SSSR count). The average molecular weight is 325 g/mol. The third-order valence-corrected chi connectivity index (χ3v) is 5.68. The van der Waals surface area contributed by atoms with Gasteiger partial charge < -0.3 is 10.6 Å². The van der Waals surface area contributed by atoms with Crippen LogP contribution in [-0.2, 0) is 4.79 Å². The molecule has 0 aromatic carbocycles. The molecular weight excluding hydrogens is 306 g/mol.